The van der Waals surface area contributed by atoms with Gasteiger partial charge in [0.1, 0.15) is 0 Å². The number of benzene rings is 2. The number of hydrogen-bond acceptors (Lipinski definition) is 1. The smallest absolute Gasteiger partial charge is 0.0766 e. The van der Waals surface area contributed by atoms with Gasteiger partial charge in [0, 0.05) is 10.9 Å². The molecular weight excluding hydrogens is 316 g/mol. The number of aromatic amines is 1. The molecule has 3 rings (SSSR count). The summed E-state index contributed by atoms with van der Waals surface area (Å²) in [5.74, 6) is 0.850. The standard InChI is InChI=1S/C21H23ClN2/c1-13(2)15-9-7-10-16(14(3)4)21(15)23-12-19-20(22)17-8-5-6-11-18(17)24-19/h5-14,24H,1-4H3. The first-order chi connectivity index (χ1) is 11.5. The average Bonchev–Trinajstić information content (AvgIpc) is 2.89. The Morgan fingerprint density at radius 2 is 1.54 bits per heavy atom. The number of aromatic nitrogens is 1. The molecule has 0 radical (unpaired) electrons. The predicted molar refractivity (Wildman–Crippen MR) is 105 cm³/mol. The molecule has 1 heterocycles. The summed E-state index contributed by atoms with van der Waals surface area (Å²) in [5.41, 5.74) is 5.49. The third-order valence-corrected chi connectivity index (χ3v) is 4.74. The summed E-state index contributed by atoms with van der Waals surface area (Å²) >= 11 is 6.51. The number of halogens is 1. The van der Waals surface area contributed by atoms with Crippen molar-refractivity contribution in [2.75, 3.05) is 0 Å². The molecule has 0 aliphatic heterocycles. The van der Waals surface area contributed by atoms with Crippen LogP contribution in [-0.4, -0.2) is 11.2 Å². The molecule has 2 aromatic carbocycles. The van der Waals surface area contributed by atoms with Gasteiger partial charge in [-0.05, 0) is 29.0 Å². The van der Waals surface area contributed by atoms with Crippen LogP contribution in [0.4, 0.5) is 5.69 Å². The first-order valence-electron chi connectivity index (χ1n) is 8.42. The van der Waals surface area contributed by atoms with Crippen LogP contribution in [0.3, 0.4) is 0 Å². The fourth-order valence-electron chi connectivity index (χ4n) is 3.01. The minimum absolute atomic E-state index is 0.425. The third-order valence-electron chi connectivity index (χ3n) is 4.33. The molecule has 0 fully saturated rings. The topological polar surface area (TPSA) is 28.1 Å². The maximum atomic E-state index is 6.51. The Bertz CT molecular complexity index is 862. The summed E-state index contributed by atoms with van der Waals surface area (Å²) in [6, 6.07) is 14.5. The van der Waals surface area contributed by atoms with Crippen LogP contribution in [0.5, 0.6) is 0 Å². The van der Waals surface area contributed by atoms with Crippen LogP contribution in [0.25, 0.3) is 10.9 Å². The second kappa shape index (κ2) is 6.82. The molecule has 0 unspecified atom stereocenters. The maximum Gasteiger partial charge on any atom is 0.0766 e. The van der Waals surface area contributed by atoms with Gasteiger partial charge in [0.25, 0.3) is 0 Å². The van der Waals surface area contributed by atoms with E-state index in [1.165, 1.54) is 11.1 Å². The van der Waals surface area contributed by atoms with E-state index in [-0.39, 0.29) is 0 Å². The Kier molecular flexibility index (Phi) is 4.77. The fraction of sp³-hybridized carbons (Fsp3) is 0.286. The fourth-order valence-corrected chi connectivity index (χ4v) is 3.27. The number of aliphatic imine (C=N–C) groups is 1. The Hall–Kier alpha value is -2.06. The third kappa shape index (κ3) is 3.11. The molecule has 1 N–H and O–H groups in total. The van der Waals surface area contributed by atoms with Crippen LogP contribution < -0.4 is 0 Å². The Morgan fingerprint density at radius 1 is 0.917 bits per heavy atom. The van der Waals surface area contributed by atoms with E-state index in [9.17, 15) is 0 Å². The molecular formula is C21H23ClN2. The number of H-pyrrole nitrogens is 1. The van der Waals surface area contributed by atoms with Crippen LogP contribution in [0.2, 0.25) is 5.02 Å². The lowest BCUT2D eigenvalue weighted by atomic mass is 9.93. The van der Waals surface area contributed by atoms with E-state index in [2.05, 4.69) is 50.9 Å². The molecule has 0 saturated carbocycles. The monoisotopic (exact) mass is 338 g/mol. The predicted octanol–water partition coefficient (Wildman–Crippen LogP) is 6.82. The number of hydrogen-bond donors (Lipinski definition) is 1. The van der Waals surface area contributed by atoms with Crippen molar-refractivity contribution < 1.29 is 0 Å². The number of rotatable bonds is 4. The molecule has 24 heavy (non-hydrogen) atoms. The van der Waals surface area contributed by atoms with Crippen molar-refractivity contribution in [2.45, 2.75) is 39.5 Å². The number of para-hydroxylation sites is 2. The van der Waals surface area contributed by atoms with E-state index in [1.54, 1.807) is 0 Å². The molecule has 1 aromatic heterocycles. The van der Waals surface area contributed by atoms with Gasteiger partial charge in [-0.15, -0.1) is 0 Å². The number of fused-ring (bicyclic) bond motifs is 1. The van der Waals surface area contributed by atoms with E-state index in [4.69, 9.17) is 16.6 Å². The van der Waals surface area contributed by atoms with Crippen molar-refractivity contribution in [3.63, 3.8) is 0 Å². The van der Waals surface area contributed by atoms with Crippen molar-refractivity contribution in [3.05, 3.63) is 64.3 Å². The van der Waals surface area contributed by atoms with Crippen LogP contribution >= 0.6 is 11.6 Å². The van der Waals surface area contributed by atoms with E-state index < -0.39 is 0 Å². The minimum atomic E-state index is 0.425. The molecule has 3 aromatic rings. The molecule has 0 amide bonds. The molecule has 2 nitrogen and oxygen atoms in total. The number of nitrogens with zero attached hydrogens (tertiary/aromatic N) is 1. The lowest BCUT2D eigenvalue weighted by molar-refractivity contribution is 0.835. The molecule has 0 saturated heterocycles. The zero-order chi connectivity index (χ0) is 17.3. The number of nitrogens with one attached hydrogen (secondary N) is 1. The first-order valence-corrected chi connectivity index (χ1v) is 8.80. The molecule has 124 valence electrons. The van der Waals surface area contributed by atoms with Crippen molar-refractivity contribution in [1.82, 2.24) is 4.98 Å². The van der Waals surface area contributed by atoms with Crippen molar-refractivity contribution >= 4 is 34.4 Å². The van der Waals surface area contributed by atoms with Crippen molar-refractivity contribution in [3.8, 4) is 0 Å². The summed E-state index contributed by atoms with van der Waals surface area (Å²) < 4.78 is 0. The highest BCUT2D eigenvalue weighted by Crippen LogP contribution is 2.35. The minimum Gasteiger partial charge on any atom is -0.352 e. The van der Waals surface area contributed by atoms with Gasteiger partial charge in [-0.2, -0.15) is 0 Å². The van der Waals surface area contributed by atoms with Gasteiger partial charge in [-0.3, -0.25) is 4.99 Å². The molecule has 0 aliphatic rings. The lowest BCUT2D eigenvalue weighted by Gasteiger charge is -2.16. The van der Waals surface area contributed by atoms with Gasteiger partial charge in [0.05, 0.1) is 22.6 Å². The highest BCUT2D eigenvalue weighted by Gasteiger charge is 2.13. The van der Waals surface area contributed by atoms with E-state index in [0.29, 0.717) is 11.8 Å². The summed E-state index contributed by atoms with van der Waals surface area (Å²) in [4.78, 5) is 8.18. The SMILES string of the molecule is CC(C)c1cccc(C(C)C)c1N=Cc1[nH]c2ccccc2c1Cl. The maximum absolute atomic E-state index is 6.51. The van der Waals surface area contributed by atoms with Gasteiger partial charge < -0.3 is 4.98 Å². The van der Waals surface area contributed by atoms with Crippen LogP contribution in [-0.2, 0) is 0 Å². The first kappa shape index (κ1) is 16.8. The zero-order valence-electron chi connectivity index (χ0n) is 14.6. The highest BCUT2D eigenvalue weighted by molar-refractivity contribution is 6.38. The van der Waals surface area contributed by atoms with Gasteiger partial charge in [0.15, 0.2) is 0 Å². The van der Waals surface area contributed by atoms with Gasteiger partial charge in [-0.1, -0.05) is 75.7 Å². The summed E-state index contributed by atoms with van der Waals surface area (Å²) in [6.45, 7) is 8.81. The van der Waals surface area contributed by atoms with Crippen molar-refractivity contribution in [2.24, 2.45) is 4.99 Å². The summed E-state index contributed by atoms with van der Waals surface area (Å²) in [5, 5.41) is 1.75. The molecule has 3 heteroatoms. The van der Waals surface area contributed by atoms with Crippen LogP contribution in [0, 0.1) is 0 Å². The summed E-state index contributed by atoms with van der Waals surface area (Å²) in [7, 11) is 0. The van der Waals surface area contributed by atoms with E-state index >= 15 is 0 Å². The Labute approximate surface area is 148 Å². The molecule has 0 spiro atoms. The second-order valence-electron chi connectivity index (χ2n) is 6.75. The quantitative estimate of drug-likeness (QED) is 0.505. The van der Waals surface area contributed by atoms with Gasteiger partial charge >= 0.3 is 0 Å². The Balaban J connectivity index is 2.09. The molecule has 0 atom stereocenters. The van der Waals surface area contributed by atoms with E-state index in [1.807, 2.05) is 30.5 Å². The van der Waals surface area contributed by atoms with Gasteiger partial charge in [0.2, 0.25) is 0 Å². The lowest BCUT2D eigenvalue weighted by Crippen LogP contribution is -1.96. The molecule has 0 aliphatic carbocycles. The van der Waals surface area contributed by atoms with Crippen LogP contribution in [0.1, 0.15) is 56.4 Å². The average molecular weight is 339 g/mol. The largest absolute Gasteiger partial charge is 0.352 e. The molecule has 0 bridgehead atoms. The zero-order valence-corrected chi connectivity index (χ0v) is 15.4. The van der Waals surface area contributed by atoms with Crippen LogP contribution in [0.15, 0.2) is 47.5 Å². The summed E-state index contributed by atoms with van der Waals surface area (Å²) in [6.07, 6.45) is 1.86. The normalized spacial score (nSPS) is 12.1. The Morgan fingerprint density at radius 3 is 2.12 bits per heavy atom. The second-order valence-corrected chi connectivity index (χ2v) is 7.13. The van der Waals surface area contributed by atoms with Crippen molar-refractivity contribution in [1.29, 1.82) is 0 Å². The highest BCUT2D eigenvalue weighted by atomic mass is 35.5. The van der Waals surface area contributed by atoms with Gasteiger partial charge in [-0.25, -0.2) is 0 Å². The van der Waals surface area contributed by atoms with E-state index in [0.717, 1.165) is 27.3 Å².